The van der Waals surface area contributed by atoms with Crippen molar-refractivity contribution in [3.05, 3.63) is 65.8 Å². The highest BCUT2D eigenvalue weighted by Crippen LogP contribution is 2.17. The van der Waals surface area contributed by atoms with Gasteiger partial charge in [0.1, 0.15) is 5.82 Å². The first-order valence-corrected chi connectivity index (χ1v) is 8.29. The number of aryl methyl sites for hydroxylation is 1. The van der Waals surface area contributed by atoms with Crippen molar-refractivity contribution in [2.24, 2.45) is 5.73 Å². The summed E-state index contributed by atoms with van der Waals surface area (Å²) in [6.45, 7) is 0. The summed E-state index contributed by atoms with van der Waals surface area (Å²) >= 11 is 0. The molecule has 0 aliphatic carbocycles. The normalized spacial score (nSPS) is 10.6. The molecule has 0 unspecified atom stereocenters. The number of nitrogens with one attached hydrogen (secondary N) is 1. The maximum atomic E-state index is 12.9. The maximum absolute atomic E-state index is 12.9. The summed E-state index contributed by atoms with van der Waals surface area (Å²) in [4.78, 5) is 27.2. The van der Waals surface area contributed by atoms with E-state index in [0.717, 1.165) is 0 Å². The largest absolute Gasteiger partial charge is 0.366 e. The molecule has 0 saturated carbocycles. The zero-order valence-corrected chi connectivity index (χ0v) is 14.3. The Balaban J connectivity index is 1.47. The van der Waals surface area contributed by atoms with Crippen LogP contribution in [-0.4, -0.2) is 22.0 Å². The minimum atomic E-state index is -0.521. The summed E-state index contributed by atoms with van der Waals surface area (Å²) < 4.78 is 18.1. The zero-order chi connectivity index (χ0) is 19.2. The van der Waals surface area contributed by atoms with Crippen LogP contribution in [0.25, 0.3) is 11.4 Å². The molecule has 7 nitrogen and oxygen atoms in total. The number of aromatic nitrogens is 2. The molecule has 0 saturated heterocycles. The molecule has 3 N–H and O–H groups in total. The van der Waals surface area contributed by atoms with Crippen LogP contribution in [0.5, 0.6) is 0 Å². The number of carbonyl (C=O) groups excluding carboxylic acids is 2. The molecule has 3 aromatic rings. The monoisotopic (exact) mass is 368 g/mol. The number of halogens is 1. The number of benzene rings is 2. The van der Waals surface area contributed by atoms with Crippen molar-refractivity contribution in [1.29, 1.82) is 0 Å². The Morgan fingerprint density at radius 1 is 1.07 bits per heavy atom. The minimum absolute atomic E-state index is 0.167. The fourth-order valence-electron chi connectivity index (χ4n) is 2.41. The molecule has 27 heavy (non-hydrogen) atoms. The molecule has 2 amide bonds. The van der Waals surface area contributed by atoms with Gasteiger partial charge in [0.2, 0.25) is 23.5 Å². The van der Waals surface area contributed by atoms with Gasteiger partial charge in [0.05, 0.1) is 0 Å². The number of hydrogen-bond donors (Lipinski definition) is 2. The number of primary amides is 1. The number of carbonyl (C=O) groups is 2. The first-order valence-electron chi connectivity index (χ1n) is 8.29. The molecule has 1 aromatic heterocycles. The smallest absolute Gasteiger partial charge is 0.248 e. The van der Waals surface area contributed by atoms with E-state index in [9.17, 15) is 14.0 Å². The summed E-state index contributed by atoms with van der Waals surface area (Å²) in [5.41, 5.74) is 6.79. The lowest BCUT2D eigenvalue weighted by atomic mass is 10.2. The number of anilines is 1. The van der Waals surface area contributed by atoms with Crippen molar-refractivity contribution in [3.63, 3.8) is 0 Å². The Kier molecular flexibility index (Phi) is 5.55. The lowest BCUT2D eigenvalue weighted by molar-refractivity contribution is -0.116. The van der Waals surface area contributed by atoms with E-state index in [1.54, 1.807) is 36.4 Å². The van der Waals surface area contributed by atoms with Crippen molar-refractivity contribution in [2.75, 3.05) is 5.32 Å². The van der Waals surface area contributed by atoms with Gasteiger partial charge in [-0.25, -0.2) is 4.39 Å². The van der Waals surface area contributed by atoms with Crippen LogP contribution in [0.1, 0.15) is 29.1 Å². The molecule has 0 radical (unpaired) electrons. The summed E-state index contributed by atoms with van der Waals surface area (Å²) in [6, 6.07) is 12.1. The average molecular weight is 368 g/mol. The highest BCUT2D eigenvalue weighted by molar-refractivity contribution is 5.94. The molecule has 3 rings (SSSR count). The molecule has 138 valence electrons. The second-order valence-corrected chi connectivity index (χ2v) is 5.86. The first kappa shape index (κ1) is 18.2. The number of nitrogens with two attached hydrogens (primary N) is 1. The van der Waals surface area contributed by atoms with Gasteiger partial charge in [0.15, 0.2) is 0 Å². The van der Waals surface area contributed by atoms with Crippen molar-refractivity contribution in [3.8, 4) is 11.4 Å². The van der Waals surface area contributed by atoms with Crippen LogP contribution in [0.4, 0.5) is 10.1 Å². The summed E-state index contributed by atoms with van der Waals surface area (Å²) in [7, 11) is 0. The van der Waals surface area contributed by atoms with Gasteiger partial charge in [-0.15, -0.1) is 0 Å². The summed E-state index contributed by atoms with van der Waals surface area (Å²) in [5.74, 6) is -0.234. The maximum Gasteiger partial charge on any atom is 0.248 e. The van der Waals surface area contributed by atoms with Crippen molar-refractivity contribution < 1.29 is 18.5 Å². The van der Waals surface area contributed by atoms with E-state index < -0.39 is 5.91 Å². The van der Waals surface area contributed by atoms with E-state index in [1.165, 1.54) is 12.1 Å². The number of rotatable bonds is 7. The summed E-state index contributed by atoms with van der Waals surface area (Å²) in [6.07, 6.45) is 1.24. The van der Waals surface area contributed by atoms with Crippen LogP contribution in [0.2, 0.25) is 0 Å². The van der Waals surface area contributed by atoms with E-state index in [0.29, 0.717) is 41.4 Å². The van der Waals surface area contributed by atoms with Gasteiger partial charge in [-0.3, -0.25) is 9.59 Å². The molecule has 0 fully saturated rings. The van der Waals surface area contributed by atoms with Crippen molar-refractivity contribution in [1.82, 2.24) is 10.1 Å². The summed E-state index contributed by atoms with van der Waals surface area (Å²) in [5, 5.41) is 6.59. The fourth-order valence-corrected chi connectivity index (χ4v) is 2.41. The van der Waals surface area contributed by atoms with Crippen molar-refractivity contribution >= 4 is 17.5 Å². The van der Waals surface area contributed by atoms with Crippen LogP contribution < -0.4 is 11.1 Å². The second kappa shape index (κ2) is 8.22. The molecule has 0 atom stereocenters. The third-order valence-electron chi connectivity index (χ3n) is 3.82. The van der Waals surface area contributed by atoms with Crippen LogP contribution >= 0.6 is 0 Å². The van der Waals surface area contributed by atoms with Gasteiger partial charge in [0, 0.05) is 29.7 Å². The van der Waals surface area contributed by atoms with E-state index in [1.807, 2.05) is 0 Å². The van der Waals surface area contributed by atoms with E-state index in [4.69, 9.17) is 10.3 Å². The standard InChI is InChI=1S/C19H17FN4O3/c20-14-8-4-13(5-9-14)19-23-17(27-24-19)3-1-2-16(25)22-15-10-6-12(7-11-15)18(21)26/h4-11H,1-3H2,(H2,21,26)(H,22,25). The van der Waals surface area contributed by atoms with E-state index >= 15 is 0 Å². The predicted octanol–water partition coefficient (Wildman–Crippen LogP) is 2.94. The van der Waals surface area contributed by atoms with Gasteiger partial charge >= 0.3 is 0 Å². The average Bonchev–Trinajstić information content (AvgIpc) is 3.11. The fraction of sp³-hybridized carbons (Fsp3) is 0.158. The van der Waals surface area contributed by atoms with Crippen LogP contribution in [0.3, 0.4) is 0 Å². The molecule has 2 aromatic carbocycles. The molecular weight excluding hydrogens is 351 g/mol. The SMILES string of the molecule is NC(=O)c1ccc(NC(=O)CCCc2nc(-c3ccc(F)cc3)no2)cc1. The minimum Gasteiger partial charge on any atom is -0.366 e. The van der Waals surface area contributed by atoms with Gasteiger partial charge in [-0.2, -0.15) is 4.98 Å². The Hall–Kier alpha value is -3.55. The Labute approximate surface area is 154 Å². The Morgan fingerprint density at radius 3 is 2.44 bits per heavy atom. The zero-order valence-electron chi connectivity index (χ0n) is 14.3. The Morgan fingerprint density at radius 2 is 1.78 bits per heavy atom. The predicted molar refractivity (Wildman–Crippen MR) is 96.2 cm³/mol. The van der Waals surface area contributed by atoms with E-state index in [2.05, 4.69) is 15.5 Å². The highest BCUT2D eigenvalue weighted by Gasteiger charge is 2.10. The topological polar surface area (TPSA) is 111 Å². The van der Waals surface area contributed by atoms with Gasteiger partial charge in [0.25, 0.3) is 0 Å². The molecular formula is C19H17FN4O3. The third kappa shape index (κ3) is 4.97. The number of amides is 2. The van der Waals surface area contributed by atoms with Gasteiger partial charge < -0.3 is 15.6 Å². The molecule has 0 aliphatic rings. The number of hydrogen-bond acceptors (Lipinski definition) is 5. The quantitative estimate of drug-likeness (QED) is 0.666. The lowest BCUT2D eigenvalue weighted by Crippen LogP contribution is -2.13. The van der Waals surface area contributed by atoms with E-state index in [-0.39, 0.29) is 18.1 Å². The van der Waals surface area contributed by atoms with Crippen LogP contribution in [-0.2, 0) is 11.2 Å². The second-order valence-electron chi connectivity index (χ2n) is 5.86. The van der Waals surface area contributed by atoms with Crippen molar-refractivity contribution in [2.45, 2.75) is 19.3 Å². The van der Waals surface area contributed by atoms with Crippen LogP contribution in [0.15, 0.2) is 53.1 Å². The highest BCUT2D eigenvalue weighted by atomic mass is 19.1. The molecule has 0 spiro atoms. The molecule has 0 bridgehead atoms. The first-order chi connectivity index (χ1) is 13.0. The van der Waals surface area contributed by atoms with Crippen LogP contribution in [0, 0.1) is 5.82 Å². The molecule has 0 aliphatic heterocycles. The molecule has 1 heterocycles. The number of nitrogens with zero attached hydrogens (tertiary/aromatic N) is 2. The Bertz CT molecular complexity index is 936. The lowest BCUT2D eigenvalue weighted by Gasteiger charge is -2.05. The molecule has 8 heteroatoms. The van der Waals surface area contributed by atoms with Gasteiger partial charge in [-0.05, 0) is 55.0 Å². The van der Waals surface area contributed by atoms with Gasteiger partial charge in [-0.1, -0.05) is 5.16 Å². The third-order valence-corrected chi connectivity index (χ3v) is 3.82.